The van der Waals surface area contributed by atoms with E-state index in [1.807, 2.05) is 30.3 Å². The van der Waals surface area contributed by atoms with Gasteiger partial charge in [-0.05, 0) is 29.8 Å². The zero-order chi connectivity index (χ0) is 20.6. The van der Waals surface area contributed by atoms with Crippen LogP contribution in [0.5, 0.6) is 0 Å². The molecule has 148 valence electrons. The first kappa shape index (κ1) is 19.5. The number of rotatable bonds is 7. The number of hydrazine groups is 2. The summed E-state index contributed by atoms with van der Waals surface area (Å²) in [6, 6.07) is 14.3. The molecule has 3 rings (SSSR count). The Balaban J connectivity index is 1.56. The van der Waals surface area contributed by atoms with Crippen LogP contribution < -0.4 is 27.4 Å². The summed E-state index contributed by atoms with van der Waals surface area (Å²) in [5.41, 5.74) is 17.2. The van der Waals surface area contributed by atoms with Crippen LogP contribution in [0.25, 0.3) is 0 Å². The van der Waals surface area contributed by atoms with E-state index in [9.17, 15) is 14.0 Å². The Morgan fingerprint density at radius 2 is 1.52 bits per heavy atom. The number of anilines is 3. The fourth-order valence-electron chi connectivity index (χ4n) is 2.34. The molecule has 10 heteroatoms. The molecule has 0 spiro atoms. The fraction of sp³-hybridized carbons (Fsp3) is 0.0526. The van der Waals surface area contributed by atoms with Gasteiger partial charge in [-0.2, -0.15) is 0 Å². The molecule has 0 fully saturated rings. The van der Waals surface area contributed by atoms with Crippen molar-refractivity contribution in [2.24, 2.45) is 0 Å². The van der Waals surface area contributed by atoms with E-state index in [1.165, 1.54) is 30.6 Å². The first-order chi connectivity index (χ1) is 14.0. The summed E-state index contributed by atoms with van der Waals surface area (Å²) >= 11 is 0. The average molecular weight is 395 g/mol. The number of carbonyl (C=O) groups is 2. The van der Waals surface area contributed by atoms with E-state index < -0.39 is 11.7 Å². The van der Waals surface area contributed by atoms with Crippen molar-refractivity contribution in [2.45, 2.75) is 6.42 Å². The Morgan fingerprint density at radius 1 is 0.897 bits per heavy atom. The number of hydrogen-bond acceptors (Lipinski definition) is 7. The number of halogens is 1. The van der Waals surface area contributed by atoms with Gasteiger partial charge in [-0.15, -0.1) is 0 Å². The van der Waals surface area contributed by atoms with Gasteiger partial charge in [0, 0.05) is 5.56 Å². The van der Waals surface area contributed by atoms with Crippen molar-refractivity contribution >= 4 is 29.1 Å². The molecular weight excluding hydrogens is 377 g/mol. The summed E-state index contributed by atoms with van der Waals surface area (Å²) in [5, 5.41) is 0. The molecule has 3 aromatic rings. The molecular formula is C19H18FN7O2. The first-order valence-corrected chi connectivity index (χ1v) is 8.54. The van der Waals surface area contributed by atoms with Crippen molar-refractivity contribution in [3.63, 3.8) is 0 Å². The number of nitrogens with zero attached hydrogens (tertiary/aromatic N) is 2. The molecule has 0 saturated heterocycles. The highest BCUT2D eigenvalue weighted by Gasteiger charge is 2.11. The number of hydrogen-bond donors (Lipinski definition) is 5. The number of carbonyl (C=O) groups excluding carboxylic acids is 2. The van der Waals surface area contributed by atoms with Crippen LogP contribution in [0, 0.1) is 5.82 Å². The lowest BCUT2D eigenvalue weighted by Gasteiger charge is -2.13. The molecule has 0 aliphatic carbocycles. The number of nitrogens with two attached hydrogens (primary N) is 1. The minimum absolute atomic E-state index is 0.0758. The number of benzene rings is 2. The van der Waals surface area contributed by atoms with Crippen LogP contribution in [0.1, 0.15) is 15.9 Å². The van der Waals surface area contributed by atoms with Crippen molar-refractivity contribution in [2.75, 3.05) is 16.6 Å². The lowest BCUT2D eigenvalue weighted by molar-refractivity contribution is -0.119. The zero-order valence-corrected chi connectivity index (χ0v) is 15.1. The summed E-state index contributed by atoms with van der Waals surface area (Å²) in [5.74, 6) is -0.961. The molecule has 1 aromatic heterocycles. The first-order valence-electron chi connectivity index (χ1n) is 8.54. The molecule has 0 atom stereocenters. The molecule has 29 heavy (non-hydrogen) atoms. The minimum atomic E-state index is -0.506. The Hall–Kier alpha value is -4.21. The van der Waals surface area contributed by atoms with Gasteiger partial charge in [-0.1, -0.05) is 30.3 Å². The Morgan fingerprint density at radius 3 is 2.17 bits per heavy atom. The third-order valence-corrected chi connectivity index (χ3v) is 3.81. The van der Waals surface area contributed by atoms with Crippen LogP contribution in [0.2, 0.25) is 0 Å². The third-order valence-electron chi connectivity index (χ3n) is 3.81. The number of nitrogen functional groups attached to an aromatic ring is 1. The van der Waals surface area contributed by atoms with Gasteiger partial charge in [-0.25, -0.2) is 14.4 Å². The van der Waals surface area contributed by atoms with Gasteiger partial charge in [-0.3, -0.25) is 31.3 Å². The second-order valence-electron chi connectivity index (χ2n) is 5.91. The molecule has 0 bridgehead atoms. The zero-order valence-electron chi connectivity index (χ0n) is 15.1. The number of aromatic nitrogens is 2. The molecule has 2 aromatic carbocycles. The standard InChI is InChI=1S/C19H18FN7O2/c20-14-8-6-13(7-9-14)19(29)27-26-18-16(21)17(22-11-23-18)25-24-15(28)10-12-4-2-1-3-5-12/h1-9,11H,10,21H2,(H,24,28)(H,27,29)(H2,22,23,25,26). The van der Waals surface area contributed by atoms with Crippen LogP contribution >= 0.6 is 0 Å². The van der Waals surface area contributed by atoms with Crippen LogP contribution in [0.4, 0.5) is 21.7 Å². The second kappa shape index (κ2) is 9.13. The smallest absolute Gasteiger partial charge is 0.269 e. The molecule has 0 aliphatic heterocycles. The van der Waals surface area contributed by atoms with E-state index in [1.54, 1.807) is 0 Å². The average Bonchev–Trinajstić information content (AvgIpc) is 2.73. The molecule has 6 N–H and O–H groups in total. The Kier molecular flexibility index (Phi) is 6.15. The lowest BCUT2D eigenvalue weighted by atomic mass is 10.1. The van der Waals surface area contributed by atoms with Gasteiger partial charge in [0.25, 0.3) is 5.91 Å². The SMILES string of the molecule is Nc1c(NNC(=O)Cc2ccccc2)ncnc1NNC(=O)c1ccc(F)cc1. The van der Waals surface area contributed by atoms with E-state index in [0.717, 1.165) is 5.56 Å². The van der Waals surface area contributed by atoms with Gasteiger partial charge in [0.05, 0.1) is 6.42 Å². The highest BCUT2D eigenvalue weighted by atomic mass is 19.1. The minimum Gasteiger partial charge on any atom is -0.393 e. The molecule has 1 heterocycles. The van der Waals surface area contributed by atoms with Crippen LogP contribution in [0.15, 0.2) is 60.9 Å². The van der Waals surface area contributed by atoms with Crippen molar-refractivity contribution in [3.8, 4) is 0 Å². The Labute approximate surface area is 165 Å². The maximum absolute atomic E-state index is 12.9. The van der Waals surface area contributed by atoms with Gasteiger partial charge in [0.2, 0.25) is 5.91 Å². The van der Waals surface area contributed by atoms with Crippen LogP contribution in [-0.2, 0) is 11.2 Å². The van der Waals surface area contributed by atoms with Crippen molar-refractivity contribution in [1.82, 2.24) is 20.8 Å². The summed E-state index contributed by atoms with van der Waals surface area (Å²) in [6.45, 7) is 0. The molecule has 0 unspecified atom stereocenters. The molecule has 9 nitrogen and oxygen atoms in total. The van der Waals surface area contributed by atoms with E-state index >= 15 is 0 Å². The van der Waals surface area contributed by atoms with E-state index in [2.05, 4.69) is 31.7 Å². The van der Waals surface area contributed by atoms with Crippen molar-refractivity contribution in [3.05, 3.63) is 77.9 Å². The molecule has 0 radical (unpaired) electrons. The quantitative estimate of drug-likeness (QED) is 0.384. The summed E-state index contributed by atoms with van der Waals surface area (Å²) in [7, 11) is 0. The summed E-state index contributed by atoms with van der Waals surface area (Å²) < 4.78 is 12.9. The summed E-state index contributed by atoms with van der Waals surface area (Å²) in [4.78, 5) is 32.0. The fourth-order valence-corrected chi connectivity index (χ4v) is 2.34. The number of nitrogens with one attached hydrogen (secondary N) is 4. The molecule has 0 saturated carbocycles. The molecule has 0 aliphatic rings. The highest BCUT2D eigenvalue weighted by molar-refractivity contribution is 5.95. The normalized spacial score (nSPS) is 10.1. The topological polar surface area (TPSA) is 134 Å². The highest BCUT2D eigenvalue weighted by Crippen LogP contribution is 2.21. The monoisotopic (exact) mass is 395 g/mol. The largest absolute Gasteiger partial charge is 0.393 e. The van der Waals surface area contributed by atoms with Gasteiger partial charge in [0.1, 0.15) is 17.8 Å². The second-order valence-corrected chi connectivity index (χ2v) is 5.91. The maximum Gasteiger partial charge on any atom is 0.269 e. The predicted octanol–water partition coefficient (Wildman–Crippen LogP) is 1.64. The van der Waals surface area contributed by atoms with E-state index in [0.29, 0.717) is 0 Å². The van der Waals surface area contributed by atoms with E-state index in [4.69, 9.17) is 5.73 Å². The lowest BCUT2D eigenvalue weighted by Crippen LogP contribution is -2.33. The maximum atomic E-state index is 12.9. The Bertz CT molecular complexity index is 997. The molecule has 2 amide bonds. The van der Waals surface area contributed by atoms with Crippen molar-refractivity contribution < 1.29 is 14.0 Å². The van der Waals surface area contributed by atoms with Gasteiger partial charge < -0.3 is 5.73 Å². The van der Waals surface area contributed by atoms with Crippen LogP contribution in [-0.4, -0.2) is 21.8 Å². The van der Waals surface area contributed by atoms with Gasteiger partial charge in [0.15, 0.2) is 11.6 Å². The number of amides is 2. The third kappa shape index (κ3) is 5.39. The summed E-state index contributed by atoms with van der Waals surface area (Å²) in [6.07, 6.45) is 1.38. The van der Waals surface area contributed by atoms with Crippen molar-refractivity contribution in [1.29, 1.82) is 0 Å². The van der Waals surface area contributed by atoms with Crippen LogP contribution in [0.3, 0.4) is 0 Å². The van der Waals surface area contributed by atoms with E-state index in [-0.39, 0.29) is 35.2 Å². The predicted molar refractivity (Wildman–Crippen MR) is 106 cm³/mol. The van der Waals surface area contributed by atoms with Gasteiger partial charge >= 0.3 is 0 Å².